The van der Waals surface area contributed by atoms with Gasteiger partial charge in [0.25, 0.3) is 0 Å². The normalized spacial score (nSPS) is 10.5. The minimum atomic E-state index is -0.177. The van der Waals surface area contributed by atoms with Gasteiger partial charge in [-0.25, -0.2) is 0 Å². The lowest BCUT2D eigenvalue weighted by atomic mass is 10.1. The predicted molar refractivity (Wildman–Crippen MR) is 47.7 cm³/mol. The van der Waals surface area contributed by atoms with Crippen LogP contribution in [0.3, 0.4) is 0 Å². The molecule has 70 valence electrons. The van der Waals surface area contributed by atoms with Crippen molar-refractivity contribution >= 4 is 11.7 Å². The van der Waals surface area contributed by atoms with E-state index in [1.165, 1.54) is 0 Å². The summed E-state index contributed by atoms with van der Waals surface area (Å²) in [6, 6.07) is 0.109. The molecule has 0 heterocycles. The minimum Gasteiger partial charge on any atom is -0.354 e. The van der Waals surface area contributed by atoms with Crippen molar-refractivity contribution in [2.75, 3.05) is 0 Å². The number of carbonyl (C=O) groups excluding carboxylic acids is 2. The average Bonchev–Trinajstić information content (AvgIpc) is 1.84. The molecule has 0 aromatic heterocycles. The van der Waals surface area contributed by atoms with E-state index in [-0.39, 0.29) is 30.1 Å². The number of rotatable bonds is 4. The zero-order chi connectivity index (χ0) is 9.72. The highest BCUT2D eigenvalue weighted by Gasteiger charge is 2.12. The van der Waals surface area contributed by atoms with Gasteiger partial charge < -0.3 is 5.32 Å². The monoisotopic (exact) mass is 171 g/mol. The number of carbonyl (C=O) groups is 2. The van der Waals surface area contributed by atoms with Crippen LogP contribution in [0.1, 0.15) is 34.1 Å². The Morgan fingerprint density at radius 1 is 1.17 bits per heavy atom. The average molecular weight is 171 g/mol. The zero-order valence-corrected chi connectivity index (χ0v) is 8.18. The summed E-state index contributed by atoms with van der Waals surface area (Å²) in [4.78, 5) is 22.1. The molecule has 0 saturated heterocycles. The van der Waals surface area contributed by atoms with Gasteiger partial charge in [0.05, 0.1) is 6.42 Å². The van der Waals surface area contributed by atoms with Crippen molar-refractivity contribution in [3.8, 4) is 0 Å². The Kier molecular flexibility index (Phi) is 4.55. The lowest BCUT2D eigenvalue weighted by Crippen LogP contribution is -2.32. The first kappa shape index (κ1) is 11.1. The maximum Gasteiger partial charge on any atom is 0.227 e. The third-order valence-corrected chi connectivity index (χ3v) is 1.43. The minimum absolute atomic E-state index is 0.00634. The molecule has 0 rings (SSSR count). The van der Waals surface area contributed by atoms with Gasteiger partial charge in [-0.1, -0.05) is 13.8 Å². The summed E-state index contributed by atoms with van der Waals surface area (Å²) in [5, 5.41) is 2.67. The summed E-state index contributed by atoms with van der Waals surface area (Å²) in [5.74, 6) is -0.236. The van der Waals surface area contributed by atoms with Gasteiger partial charge in [-0.3, -0.25) is 9.59 Å². The van der Waals surface area contributed by atoms with Gasteiger partial charge in [0, 0.05) is 12.0 Å². The van der Waals surface area contributed by atoms with Gasteiger partial charge in [-0.15, -0.1) is 0 Å². The lowest BCUT2D eigenvalue weighted by molar-refractivity contribution is -0.130. The molecule has 0 radical (unpaired) electrons. The molecule has 0 atom stereocenters. The quantitative estimate of drug-likeness (QED) is 0.644. The maximum atomic E-state index is 11.1. The van der Waals surface area contributed by atoms with E-state index in [1.807, 2.05) is 13.8 Å². The maximum absolute atomic E-state index is 11.1. The molecule has 0 aliphatic heterocycles. The van der Waals surface area contributed by atoms with Gasteiger partial charge in [-0.05, 0) is 13.8 Å². The van der Waals surface area contributed by atoms with Crippen molar-refractivity contribution in [2.45, 2.75) is 40.2 Å². The first-order valence-corrected chi connectivity index (χ1v) is 4.25. The second kappa shape index (κ2) is 4.91. The molecule has 0 aromatic carbocycles. The molecular weight excluding hydrogens is 154 g/mol. The Bertz CT molecular complexity index is 173. The van der Waals surface area contributed by atoms with E-state index in [1.54, 1.807) is 13.8 Å². The van der Waals surface area contributed by atoms with Crippen LogP contribution in [0.25, 0.3) is 0 Å². The van der Waals surface area contributed by atoms with E-state index in [0.717, 1.165) is 0 Å². The van der Waals surface area contributed by atoms with E-state index in [4.69, 9.17) is 0 Å². The Labute approximate surface area is 73.5 Å². The fourth-order valence-electron chi connectivity index (χ4n) is 0.735. The zero-order valence-electron chi connectivity index (χ0n) is 8.18. The Balaban J connectivity index is 3.77. The molecule has 3 heteroatoms. The molecule has 3 nitrogen and oxygen atoms in total. The molecule has 0 aliphatic rings. The van der Waals surface area contributed by atoms with Crippen LogP contribution in [0.5, 0.6) is 0 Å². The summed E-state index contributed by atoms with van der Waals surface area (Å²) >= 11 is 0. The van der Waals surface area contributed by atoms with Crippen LogP contribution in [0.15, 0.2) is 0 Å². The van der Waals surface area contributed by atoms with E-state index in [0.29, 0.717) is 0 Å². The van der Waals surface area contributed by atoms with Gasteiger partial charge in [0.2, 0.25) is 5.91 Å². The topological polar surface area (TPSA) is 46.2 Å². The van der Waals surface area contributed by atoms with E-state index >= 15 is 0 Å². The van der Waals surface area contributed by atoms with Crippen LogP contribution < -0.4 is 5.32 Å². The number of hydrogen-bond acceptors (Lipinski definition) is 2. The van der Waals surface area contributed by atoms with Crippen LogP contribution in [-0.4, -0.2) is 17.7 Å². The van der Waals surface area contributed by atoms with Crippen LogP contribution in [0.4, 0.5) is 0 Å². The van der Waals surface area contributed by atoms with Crippen molar-refractivity contribution < 1.29 is 9.59 Å². The summed E-state index contributed by atoms with van der Waals surface area (Å²) in [5.41, 5.74) is 0. The molecule has 12 heavy (non-hydrogen) atoms. The third kappa shape index (κ3) is 4.88. The molecule has 1 N–H and O–H groups in total. The summed E-state index contributed by atoms with van der Waals surface area (Å²) in [6.45, 7) is 7.34. The standard InChI is InChI=1S/C9H17NO2/c1-6(2)8(11)5-9(12)10-7(3)4/h6-7H,5H2,1-4H3,(H,10,12). The molecule has 0 unspecified atom stereocenters. The second-order valence-electron chi connectivity index (χ2n) is 3.52. The predicted octanol–water partition coefficient (Wildman–Crippen LogP) is 1.13. The van der Waals surface area contributed by atoms with E-state index in [2.05, 4.69) is 5.32 Å². The van der Waals surface area contributed by atoms with Gasteiger partial charge >= 0.3 is 0 Å². The second-order valence-corrected chi connectivity index (χ2v) is 3.52. The van der Waals surface area contributed by atoms with Gasteiger partial charge in [-0.2, -0.15) is 0 Å². The highest BCUT2D eigenvalue weighted by Crippen LogP contribution is 1.98. The van der Waals surface area contributed by atoms with E-state index in [9.17, 15) is 9.59 Å². The van der Waals surface area contributed by atoms with Gasteiger partial charge in [0.1, 0.15) is 5.78 Å². The molecule has 1 amide bonds. The van der Waals surface area contributed by atoms with E-state index < -0.39 is 0 Å². The molecule has 0 saturated carbocycles. The van der Waals surface area contributed by atoms with Crippen LogP contribution >= 0.6 is 0 Å². The molecule has 0 bridgehead atoms. The number of hydrogen-bond donors (Lipinski definition) is 1. The van der Waals surface area contributed by atoms with Crippen molar-refractivity contribution in [1.29, 1.82) is 0 Å². The fourth-order valence-corrected chi connectivity index (χ4v) is 0.735. The largest absolute Gasteiger partial charge is 0.354 e. The molecule has 0 aromatic rings. The number of nitrogens with one attached hydrogen (secondary N) is 1. The highest BCUT2D eigenvalue weighted by molar-refractivity contribution is 5.98. The van der Waals surface area contributed by atoms with Crippen LogP contribution in [0, 0.1) is 5.92 Å². The fraction of sp³-hybridized carbons (Fsp3) is 0.778. The van der Waals surface area contributed by atoms with Gasteiger partial charge in [0.15, 0.2) is 0 Å². The SMILES string of the molecule is CC(C)NC(=O)CC(=O)C(C)C. The molecule has 0 aliphatic carbocycles. The summed E-state index contributed by atoms with van der Waals surface area (Å²) in [6.07, 6.45) is 0.00977. The van der Waals surface area contributed by atoms with Crippen molar-refractivity contribution in [3.05, 3.63) is 0 Å². The molecule has 0 fully saturated rings. The number of Topliss-reactive ketones (excluding diaryl/α,β-unsaturated/α-hetero) is 1. The van der Waals surface area contributed by atoms with Crippen molar-refractivity contribution in [2.24, 2.45) is 5.92 Å². The summed E-state index contributed by atoms with van der Waals surface area (Å²) in [7, 11) is 0. The smallest absolute Gasteiger partial charge is 0.227 e. The van der Waals surface area contributed by atoms with Crippen molar-refractivity contribution in [1.82, 2.24) is 5.32 Å². The molecular formula is C9H17NO2. The first-order chi connectivity index (χ1) is 5.43. The number of amides is 1. The third-order valence-electron chi connectivity index (χ3n) is 1.43. The Morgan fingerprint density at radius 3 is 2.00 bits per heavy atom. The lowest BCUT2D eigenvalue weighted by Gasteiger charge is -2.08. The Morgan fingerprint density at radius 2 is 1.67 bits per heavy atom. The molecule has 0 spiro atoms. The van der Waals surface area contributed by atoms with Crippen molar-refractivity contribution in [3.63, 3.8) is 0 Å². The van der Waals surface area contributed by atoms with Crippen LogP contribution in [0.2, 0.25) is 0 Å². The Hall–Kier alpha value is -0.860. The highest BCUT2D eigenvalue weighted by atomic mass is 16.2. The van der Waals surface area contributed by atoms with Crippen LogP contribution in [-0.2, 0) is 9.59 Å². The first-order valence-electron chi connectivity index (χ1n) is 4.25. The number of ketones is 1. The summed E-state index contributed by atoms with van der Waals surface area (Å²) < 4.78 is 0.